The normalized spacial score (nSPS) is 12.6. The SMILES string of the molecule is COC(CCOC(C)C)c1cccc(-c2csc(NC(=O)c3cc(Cl)c(C=C(C)C(=O)O)c(Cl)c3)n2)c1F. The Morgan fingerprint density at radius 3 is 2.53 bits per heavy atom. The Bertz CT molecular complexity index is 1340. The summed E-state index contributed by atoms with van der Waals surface area (Å²) in [7, 11) is 1.53. The number of aromatic nitrogens is 1. The Labute approximate surface area is 234 Å². The maximum Gasteiger partial charge on any atom is 0.331 e. The second-order valence-electron chi connectivity index (χ2n) is 8.62. The molecule has 1 heterocycles. The number of carboxylic acids is 1. The van der Waals surface area contributed by atoms with E-state index in [1.165, 1.54) is 32.2 Å². The molecular formula is C27H27Cl2FN2O5S. The first-order valence-corrected chi connectivity index (χ1v) is 13.3. The van der Waals surface area contributed by atoms with Crippen molar-refractivity contribution in [3.63, 3.8) is 0 Å². The summed E-state index contributed by atoms with van der Waals surface area (Å²) in [5, 5.41) is 13.9. The Morgan fingerprint density at radius 1 is 1.24 bits per heavy atom. The molecule has 0 aliphatic heterocycles. The number of hydrogen-bond acceptors (Lipinski definition) is 6. The van der Waals surface area contributed by atoms with Crippen molar-refractivity contribution < 1.29 is 28.6 Å². The molecule has 0 aliphatic rings. The highest BCUT2D eigenvalue weighted by atomic mass is 35.5. The lowest BCUT2D eigenvalue weighted by Gasteiger charge is -2.18. The molecule has 0 saturated carbocycles. The maximum atomic E-state index is 15.5. The third-order valence-electron chi connectivity index (χ3n) is 5.53. The zero-order valence-electron chi connectivity index (χ0n) is 21.2. The highest BCUT2D eigenvalue weighted by molar-refractivity contribution is 7.14. The van der Waals surface area contributed by atoms with Crippen molar-refractivity contribution in [2.75, 3.05) is 19.0 Å². The number of nitrogens with zero attached hydrogens (tertiary/aromatic N) is 1. The summed E-state index contributed by atoms with van der Waals surface area (Å²) in [5.74, 6) is -2.09. The highest BCUT2D eigenvalue weighted by Crippen LogP contribution is 2.33. The lowest BCUT2D eigenvalue weighted by atomic mass is 10.0. The third kappa shape index (κ3) is 7.39. The van der Waals surface area contributed by atoms with Crippen molar-refractivity contribution in [1.82, 2.24) is 4.98 Å². The zero-order chi connectivity index (χ0) is 28.0. The van der Waals surface area contributed by atoms with Gasteiger partial charge in [0.25, 0.3) is 5.91 Å². The van der Waals surface area contributed by atoms with E-state index in [0.717, 1.165) is 11.3 Å². The average Bonchev–Trinajstić information content (AvgIpc) is 3.32. The number of methoxy groups -OCH3 is 1. The molecule has 1 unspecified atom stereocenters. The van der Waals surface area contributed by atoms with Gasteiger partial charge in [0, 0.05) is 53.3 Å². The van der Waals surface area contributed by atoms with Crippen molar-refractivity contribution >= 4 is 57.6 Å². The number of benzene rings is 2. The van der Waals surface area contributed by atoms with Gasteiger partial charge in [-0.05, 0) is 45.0 Å². The Morgan fingerprint density at radius 2 is 1.92 bits per heavy atom. The largest absolute Gasteiger partial charge is 0.478 e. The third-order valence-corrected chi connectivity index (χ3v) is 6.91. The molecule has 3 rings (SSSR count). The van der Waals surface area contributed by atoms with Crippen LogP contribution in [0, 0.1) is 5.82 Å². The number of aliphatic carboxylic acids is 1. The first-order valence-electron chi connectivity index (χ1n) is 11.6. The van der Waals surface area contributed by atoms with Gasteiger partial charge in [0.05, 0.1) is 27.9 Å². The van der Waals surface area contributed by atoms with Gasteiger partial charge in [0.1, 0.15) is 5.82 Å². The number of nitrogens with one attached hydrogen (secondary N) is 1. The number of halogens is 3. The van der Waals surface area contributed by atoms with E-state index in [9.17, 15) is 9.59 Å². The predicted molar refractivity (Wildman–Crippen MR) is 149 cm³/mol. The van der Waals surface area contributed by atoms with Gasteiger partial charge < -0.3 is 14.6 Å². The number of ether oxygens (including phenoxy) is 2. The summed E-state index contributed by atoms with van der Waals surface area (Å²) in [4.78, 5) is 28.3. The van der Waals surface area contributed by atoms with Crippen LogP contribution in [0.25, 0.3) is 17.3 Å². The minimum atomic E-state index is -1.11. The molecule has 1 aromatic heterocycles. The van der Waals surface area contributed by atoms with Crippen LogP contribution in [-0.2, 0) is 14.3 Å². The van der Waals surface area contributed by atoms with Gasteiger partial charge in [-0.2, -0.15) is 0 Å². The maximum absolute atomic E-state index is 15.5. The molecule has 38 heavy (non-hydrogen) atoms. The molecule has 0 fully saturated rings. The number of anilines is 1. The minimum absolute atomic E-state index is 0.0401. The fraction of sp³-hybridized carbons (Fsp3) is 0.296. The molecule has 3 aromatic rings. The van der Waals surface area contributed by atoms with Crippen LogP contribution in [0.15, 0.2) is 41.3 Å². The van der Waals surface area contributed by atoms with Crippen LogP contribution in [0.2, 0.25) is 10.0 Å². The summed E-state index contributed by atoms with van der Waals surface area (Å²) < 4.78 is 26.6. The van der Waals surface area contributed by atoms with Crippen molar-refractivity contribution in [3.05, 3.63) is 73.8 Å². The predicted octanol–water partition coefficient (Wildman–Crippen LogP) is 7.50. The van der Waals surface area contributed by atoms with Gasteiger partial charge in [-0.1, -0.05) is 35.3 Å². The molecule has 0 aliphatic carbocycles. The van der Waals surface area contributed by atoms with Crippen molar-refractivity contribution in [2.24, 2.45) is 0 Å². The Kier molecular flexibility index (Phi) is 10.4. The monoisotopic (exact) mass is 580 g/mol. The molecule has 0 saturated heterocycles. The van der Waals surface area contributed by atoms with E-state index in [1.807, 2.05) is 13.8 Å². The Balaban J connectivity index is 1.79. The van der Waals surface area contributed by atoms with Gasteiger partial charge in [0.2, 0.25) is 0 Å². The topological polar surface area (TPSA) is 97.8 Å². The Hall–Kier alpha value is -2.82. The van der Waals surface area contributed by atoms with Crippen LogP contribution in [0.3, 0.4) is 0 Å². The molecule has 2 aromatic carbocycles. The standard InChI is InChI=1S/C27H27Cl2FN2O5S/c1-14(2)37-9-8-23(36-4)18-7-5-6-17(24(18)30)22-13-38-27(31-22)32-25(33)16-11-20(28)19(21(29)12-16)10-15(3)26(34)35/h5-7,10-14,23H,8-9H2,1-4H3,(H,34,35)(H,31,32,33). The van der Waals surface area contributed by atoms with Crippen molar-refractivity contribution in [1.29, 1.82) is 0 Å². The average molecular weight is 581 g/mol. The molecule has 11 heteroatoms. The van der Waals surface area contributed by atoms with E-state index in [1.54, 1.807) is 23.6 Å². The van der Waals surface area contributed by atoms with Crippen LogP contribution in [0.5, 0.6) is 0 Å². The molecule has 0 radical (unpaired) electrons. The second kappa shape index (κ2) is 13.3. The fourth-order valence-electron chi connectivity index (χ4n) is 3.56. The number of hydrogen-bond donors (Lipinski definition) is 2. The van der Waals surface area contributed by atoms with E-state index in [4.69, 9.17) is 37.8 Å². The molecule has 1 atom stereocenters. The van der Waals surface area contributed by atoms with E-state index in [0.29, 0.717) is 29.8 Å². The van der Waals surface area contributed by atoms with Gasteiger partial charge >= 0.3 is 5.97 Å². The van der Waals surface area contributed by atoms with Gasteiger partial charge in [-0.3, -0.25) is 10.1 Å². The van der Waals surface area contributed by atoms with E-state index >= 15 is 4.39 Å². The van der Waals surface area contributed by atoms with E-state index in [-0.39, 0.29) is 38.0 Å². The smallest absolute Gasteiger partial charge is 0.331 e. The number of amides is 1. The number of carbonyl (C=O) groups excluding carboxylic acids is 1. The number of carboxylic acid groups (broad SMARTS) is 1. The van der Waals surface area contributed by atoms with Crippen LogP contribution < -0.4 is 5.32 Å². The summed E-state index contributed by atoms with van der Waals surface area (Å²) in [6.07, 6.45) is 1.40. The van der Waals surface area contributed by atoms with Crippen LogP contribution in [0.4, 0.5) is 9.52 Å². The number of thiazole rings is 1. The molecule has 2 N–H and O–H groups in total. The number of rotatable bonds is 11. The molecule has 0 bridgehead atoms. The molecule has 1 amide bonds. The lowest BCUT2D eigenvalue weighted by molar-refractivity contribution is -0.132. The first kappa shape index (κ1) is 29.7. The summed E-state index contributed by atoms with van der Waals surface area (Å²) >= 11 is 13.6. The van der Waals surface area contributed by atoms with E-state index in [2.05, 4.69) is 10.3 Å². The van der Waals surface area contributed by atoms with Crippen LogP contribution in [-0.4, -0.2) is 41.8 Å². The quantitative estimate of drug-likeness (QED) is 0.228. The molecular weight excluding hydrogens is 554 g/mol. The molecule has 7 nitrogen and oxygen atoms in total. The highest BCUT2D eigenvalue weighted by Gasteiger charge is 2.21. The summed E-state index contributed by atoms with van der Waals surface area (Å²) in [6, 6.07) is 7.78. The zero-order valence-corrected chi connectivity index (χ0v) is 23.5. The van der Waals surface area contributed by atoms with E-state index < -0.39 is 23.8 Å². The first-order chi connectivity index (χ1) is 18.0. The minimum Gasteiger partial charge on any atom is -0.478 e. The van der Waals surface area contributed by atoms with Gasteiger partial charge in [-0.25, -0.2) is 14.2 Å². The summed E-state index contributed by atoms with van der Waals surface area (Å²) in [5.41, 5.74) is 1.52. The molecule has 202 valence electrons. The van der Waals surface area contributed by atoms with Gasteiger partial charge in [0.15, 0.2) is 5.13 Å². The van der Waals surface area contributed by atoms with Crippen molar-refractivity contribution in [2.45, 2.75) is 39.4 Å². The lowest BCUT2D eigenvalue weighted by Crippen LogP contribution is -2.12. The summed E-state index contributed by atoms with van der Waals surface area (Å²) in [6.45, 7) is 5.70. The van der Waals surface area contributed by atoms with Gasteiger partial charge in [-0.15, -0.1) is 11.3 Å². The van der Waals surface area contributed by atoms with Crippen LogP contribution >= 0.6 is 34.5 Å². The fourth-order valence-corrected chi connectivity index (χ4v) is 4.86. The van der Waals surface area contributed by atoms with Crippen molar-refractivity contribution in [3.8, 4) is 11.3 Å². The second-order valence-corrected chi connectivity index (χ2v) is 10.3. The molecule has 0 spiro atoms. The van der Waals surface area contributed by atoms with Crippen LogP contribution in [0.1, 0.15) is 54.8 Å². The number of carbonyl (C=O) groups is 2.